The Hall–Kier alpha value is -2.49. The number of fused-ring (bicyclic) bond motifs is 2. The number of rotatable bonds is 3. The lowest BCUT2D eigenvalue weighted by atomic mass is 10.1. The molecule has 1 aromatic carbocycles. The van der Waals surface area contributed by atoms with Gasteiger partial charge in [-0.2, -0.15) is 0 Å². The van der Waals surface area contributed by atoms with Crippen LogP contribution in [0.2, 0.25) is 0 Å². The third-order valence-electron chi connectivity index (χ3n) is 5.24. The summed E-state index contributed by atoms with van der Waals surface area (Å²) in [5.41, 5.74) is 2.35. The van der Waals surface area contributed by atoms with E-state index in [1.165, 1.54) is 17.6 Å². The number of nitrogens with one attached hydrogen (secondary N) is 1. The van der Waals surface area contributed by atoms with Gasteiger partial charge in [0, 0.05) is 40.8 Å². The van der Waals surface area contributed by atoms with Gasteiger partial charge in [0.1, 0.15) is 10.4 Å². The Morgan fingerprint density at radius 2 is 2.14 bits per heavy atom. The summed E-state index contributed by atoms with van der Waals surface area (Å²) < 4.78 is 31.2. The van der Waals surface area contributed by atoms with Gasteiger partial charge in [-0.1, -0.05) is 12.1 Å². The molecule has 0 amide bonds. The number of benzene rings is 1. The molecular formula is C20H20N4O3S2. The number of anilines is 1. The number of hydrogen-bond donors (Lipinski definition) is 1. The molecular weight excluding hydrogens is 408 g/mol. The van der Waals surface area contributed by atoms with Crippen molar-refractivity contribution >= 4 is 48.1 Å². The third-order valence-corrected chi connectivity index (χ3v) is 7.46. The molecule has 0 unspecified atom stereocenters. The fourth-order valence-electron chi connectivity index (χ4n) is 3.78. The summed E-state index contributed by atoms with van der Waals surface area (Å²) in [6.45, 7) is 4.01. The minimum atomic E-state index is -3.41. The topological polar surface area (TPSA) is 88.2 Å². The Balaban J connectivity index is 1.82. The van der Waals surface area contributed by atoms with Gasteiger partial charge in [0.2, 0.25) is 0 Å². The number of aromatic amines is 1. The van der Waals surface area contributed by atoms with Crippen molar-refractivity contribution in [1.29, 1.82) is 0 Å². The van der Waals surface area contributed by atoms with E-state index in [4.69, 9.17) is 14.7 Å². The number of sulfone groups is 1. The van der Waals surface area contributed by atoms with Crippen LogP contribution >= 0.6 is 11.3 Å². The Morgan fingerprint density at radius 3 is 2.93 bits per heavy atom. The molecule has 5 rings (SSSR count). The minimum Gasteiger partial charge on any atom is -0.377 e. The first-order chi connectivity index (χ1) is 13.9. The van der Waals surface area contributed by atoms with E-state index in [0.29, 0.717) is 31.1 Å². The highest BCUT2D eigenvalue weighted by atomic mass is 32.2. The van der Waals surface area contributed by atoms with Gasteiger partial charge in [0.15, 0.2) is 21.5 Å². The zero-order valence-electron chi connectivity index (χ0n) is 16.0. The molecule has 4 heterocycles. The predicted molar refractivity (Wildman–Crippen MR) is 115 cm³/mol. The summed E-state index contributed by atoms with van der Waals surface area (Å²) in [6.07, 6.45) is 3.10. The van der Waals surface area contributed by atoms with Gasteiger partial charge in [-0.25, -0.2) is 18.4 Å². The van der Waals surface area contributed by atoms with Gasteiger partial charge in [0.05, 0.1) is 24.0 Å². The molecule has 1 N–H and O–H groups in total. The molecule has 29 heavy (non-hydrogen) atoms. The molecule has 1 atom stereocenters. The van der Waals surface area contributed by atoms with Gasteiger partial charge in [-0.3, -0.25) is 0 Å². The van der Waals surface area contributed by atoms with Crippen molar-refractivity contribution in [3.63, 3.8) is 0 Å². The van der Waals surface area contributed by atoms with Crippen LogP contribution in [0.15, 0.2) is 40.7 Å². The molecule has 7 nitrogen and oxygen atoms in total. The lowest BCUT2D eigenvalue weighted by Gasteiger charge is -2.34. The Kier molecular flexibility index (Phi) is 4.34. The summed E-state index contributed by atoms with van der Waals surface area (Å²) >= 11 is 1.38. The van der Waals surface area contributed by atoms with Crippen molar-refractivity contribution in [2.45, 2.75) is 17.9 Å². The molecule has 1 aliphatic rings. The molecule has 1 saturated heterocycles. The highest BCUT2D eigenvalue weighted by Crippen LogP contribution is 2.38. The van der Waals surface area contributed by atoms with Gasteiger partial charge >= 0.3 is 0 Å². The van der Waals surface area contributed by atoms with Crippen LogP contribution in [-0.2, 0) is 14.6 Å². The van der Waals surface area contributed by atoms with Crippen molar-refractivity contribution in [2.75, 3.05) is 30.9 Å². The second-order valence-electron chi connectivity index (χ2n) is 7.28. The largest absolute Gasteiger partial charge is 0.377 e. The predicted octanol–water partition coefficient (Wildman–Crippen LogP) is 3.47. The maximum atomic E-state index is 12.4. The average Bonchev–Trinajstić information content (AvgIpc) is 3.34. The maximum absolute atomic E-state index is 12.4. The van der Waals surface area contributed by atoms with Crippen molar-refractivity contribution in [1.82, 2.24) is 15.0 Å². The van der Waals surface area contributed by atoms with Crippen molar-refractivity contribution < 1.29 is 13.2 Å². The van der Waals surface area contributed by atoms with E-state index in [1.54, 1.807) is 5.38 Å². The van der Waals surface area contributed by atoms with Crippen LogP contribution in [-0.4, -0.2) is 55.4 Å². The molecule has 0 bridgehead atoms. The van der Waals surface area contributed by atoms with E-state index < -0.39 is 9.84 Å². The van der Waals surface area contributed by atoms with Crippen LogP contribution < -0.4 is 4.90 Å². The van der Waals surface area contributed by atoms with E-state index >= 15 is 0 Å². The van der Waals surface area contributed by atoms with Crippen LogP contribution in [0.25, 0.3) is 32.5 Å². The van der Waals surface area contributed by atoms with Crippen LogP contribution in [0.3, 0.4) is 0 Å². The van der Waals surface area contributed by atoms with Gasteiger partial charge in [0.25, 0.3) is 0 Å². The quantitative estimate of drug-likeness (QED) is 0.538. The number of ether oxygens (including phenoxy) is 1. The van der Waals surface area contributed by atoms with Crippen LogP contribution in [0.4, 0.5) is 5.82 Å². The summed E-state index contributed by atoms with van der Waals surface area (Å²) in [7, 11) is -3.41. The number of thiophene rings is 1. The average molecular weight is 429 g/mol. The number of morpholine rings is 1. The first-order valence-electron chi connectivity index (χ1n) is 9.33. The molecule has 150 valence electrons. The van der Waals surface area contributed by atoms with Gasteiger partial charge < -0.3 is 14.6 Å². The monoisotopic (exact) mass is 428 g/mol. The summed E-state index contributed by atoms with van der Waals surface area (Å²) in [5.74, 6) is 1.30. The lowest BCUT2D eigenvalue weighted by Crippen LogP contribution is -2.44. The van der Waals surface area contributed by atoms with Crippen LogP contribution in [0.1, 0.15) is 6.92 Å². The summed E-state index contributed by atoms with van der Waals surface area (Å²) in [6, 6.07) is 8.04. The molecule has 1 aliphatic heterocycles. The molecule has 0 radical (unpaired) electrons. The van der Waals surface area contributed by atoms with Gasteiger partial charge in [-0.15, -0.1) is 11.3 Å². The molecule has 0 aliphatic carbocycles. The van der Waals surface area contributed by atoms with Gasteiger partial charge in [-0.05, 0) is 19.1 Å². The van der Waals surface area contributed by atoms with Crippen molar-refractivity contribution in [2.24, 2.45) is 0 Å². The molecule has 0 saturated carbocycles. The van der Waals surface area contributed by atoms with E-state index in [9.17, 15) is 8.42 Å². The fourth-order valence-corrected chi connectivity index (χ4v) is 6.06. The summed E-state index contributed by atoms with van der Waals surface area (Å²) in [5, 5.41) is 2.67. The molecule has 1 fully saturated rings. The number of aromatic nitrogens is 3. The molecule has 9 heteroatoms. The molecule has 0 spiro atoms. The van der Waals surface area contributed by atoms with Crippen molar-refractivity contribution in [3.05, 3.63) is 35.8 Å². The zero-order valence-corrected chi connectivity index (χ0v) is 17.7. The van der Waals surface area contributed by atoms with E-state index in [1.807, 2.05) is 30.5 Å². The zero-order chi connectivity index (χ0) is 20.2. The standard InChI is InChI=1S/C20H20N4O3S2/c1-12-10-27-9-8-24(12)20-18-17(16(11-28-18)29(2,25)26)22-19(23-20)14-4-3-5-15-13(14)6-7-21-15/h3-7,11-12,21H,8-10H2,1-2H3/t12-/m1/s1. The Labute approximate surface area is 172 Å². The lowest BCUT2D eigenvalue weighted by molar-refractivity contribution is 0.0987. The van der Waals surface area contributed by atoms with E-state index in [2.05, 4.69) is 16.8 Å². The highest BCUT2D eigenvalue weighted by molar-refractivity contribution is 7.91. The second kappa shape index (κ2) is 6.79. The van der Waals surface area contributed by atoms with Crippen LogP contribution in [0.5, 0.6) is 0 Å². The smallest absolute Gasteiger partial charge is 0.178 e. The number of hydrogen-bond acceptors (Lipinski definition) is 7. The molecule has 4 aromatic rings. The van der Waals surface area contributed by atoms with Crippen molar-refractivity contribution in [3.8, 4) is 11.4 Å². The first-order valence-corrected chi connectivity index (χ1v) is 12.1. The third kappa shape index (κ3) is 3.09. The minimum absolute atomic E-state index is 0.140. The van der Waals surface area contributed by atoms with E-state index in [-0.39, 0.29) is 10.9 Å². The summed E-state index contributed by atoms with van der Waals surface area (Å²) in [4.78, 5) is 15.3. The second-order valence-corrected chi connectivity index (χ2v) is 10.1. The number of H-pyrrole nitrogens is 1. The normalized spacial score (nSPS) is 18.0. The SMILES string of the molecule is C[C@@H]1COCCN1c1nc(-c2cccc3[nH]ccc23)nc2c(S(C)(=O)=O)csc12. The number of nitrogens with zero attached hydrogens (tertiary/aromatic N) is 3. The Bertz CT molecular complexity index is 1330. The Morgan fingerprint density at radius 1 is 1.28 bits per heavy atom. The maximum Gasteiger partial charge on any atom is 0.178 e. The first kappa shape index (κ1) is 18.5. The van der Waals surface area contributed by atoms with Crippen LogP contribution in [0, 0.1) is 0 Å². The fraction of sp³-hybridized carbons (Fsp3) is 0.300. The highest BCUT2D eigenvalue weighted by Gasteiger charge is 2.27. The van der Waals surface area contributed by atoms with E-state index in [0.717, 1.165) is 27.0 Å². The molecule has 3 aromatic heterocycles.